The number of methoxy groups -OCH3 is 1. The van der Waals surface area contributed by atoms with E-state index in [2.05, 4.69) is 15.3 Å². The lowest BCUT2D eigenvalue weighted by atomic mass is 10.3. The zero-order valence-electron chi connectivity index (χ0n) is 8.27. The highest BCUT2D eigenvalue weighted by Crippen LogP contribution is 2.24. The van der Waals surface area contributed by atoms with Gasteiger partial charge in [-0.05, 0) is 0 Å². The number of hydrogen-bond donors (Lipinski definition) is 0. The Morgan fingerprint density at radius 1 is 1.56 bits per heavy atom. The maximum atomic E-state index is 10.8. The maximum Gasteiger partial charge on any atom is 0.317 e. The van der Waals surface area contributed by atoms with E-state index in [0.29, 0.717) is 5.75 Å². The van der Waals surface area contributed by atoms with E-state index < -0.39 is 4.92 Å². The van der Waals surface area contributed by atoms with E-state index in [-0.39, 0.29) is 11.5 Å². The summed E-state index contributed by atoms with van der Waals surface area (Å²) in [4.78, 5) is 14.2. The standard InChI is InChI=1S/C8H7N5O3/c1-16-6-4-7(13(14)15)8(9-5-6)12-3-2-10-11-12/h2-5H,1H3. The van der Waals surface area contributed by atoms with Gasteiger partial charge in [0.1, 0.15) is 5.75 Å². The summed E-state index contributed by atoms with van der Waals surface area (Å²) in [5.41, 5.74) is -0.190. The van der Waals surface area contributed by atoms with Gasteiger partial charge in [0.05, 0.1) is 36.7 Å². The molecule has 0 aromatic carbocycles. The molecule has 0 aliphatic rings. The molecule has 2 rings (SSSR count). The Bertz CT molecular complexity index is 510. The zero-order valence-corrected chi connectivity index (χ0v) is 8.27. The molecular weight excluding hydrogens is 214 g/mol. The molecule has 0 amide bonds. The van der Waals surface area contributed by atoms with Crippen LogP contribution in [0, 0.1) is 10.1 Å². The lowest BCUT2D eigenvalue weighted by Crippen LogP contribution is -2.04. The molecule has 0 N–H and O–H groups in total. The fourth-order valence-electron chi connectivity index (χ4n) is 1.17. The first-order chi connectivity index (χ1) is 7.72. The first kappa shape index (κ1) is 10.0. The number of nitro groups is 1. The second kappa shape index (κ2) is 3.93. The van der Waals surface area contributed by atoms with Crippen LogP contribution in [0.4, 0.5) is 5.69 Å². The van der Waals surface area contributed by atoms with Crippen LogP contribution in [0.15, 0.2) is 24.7 Å². The van der Waals surface area contributed by atoms with Gasteiger partial charge < -0.3 is 4.74 Å². The third-order valence-electron chi connectivity index (χ3n) is 1.89. The minimum Gasteiger partial charge on any atom is -0.495 e. The van der Waals surface area contributed by atoms with Crippen molar-refractivity contribution in [2.24, 2.45) is 0 Å². The van der Waals surface area contributed by atoms with Crippen molar-refractivity contribution >= 4 is 5.69 Å². The second-order valence-electron chi connectivity index (χ2n) is 2.82. The smallest absolute Gasteiger partial charge is 0.317 e. The number of hydrogen-bond acceptors (Lipinski definition) is 6. The van der Waals surface area contributed by atoms with Crippen molar-refractivity contribution in [3.05, 3.63) is 34.8 Å². The topological polar surface area (TPSA) is 96.0 Å². The van der Waals surface area contributed by atoms with Crippen molar-refractivity contribution in [3.8, 4) is 11.6 Å². The molecule has 0 saturated carbocycles. The van der Waals surface area contributed by atoms with E-state index in [1.807, 2.05) is 0 Å². The van der Waals surface area contributed by atoms with Gasteiger partial charge in [-0.25, -0.2) is 4.98 Å². The lowest BCUT2D eigenvalue weighted by molar-refractivity contribution is -0.385. The molecule has 0 radical (unpaired) electrons. The van der Waals surface area contributed by atoms with Crippen molar-refractivity contribution in [2.45, 2.75) is 0 Å². The highest BCUT2D eigenvalue weighted by molar-refractivity contribution is 5.49. The van der Waals surface area contributed by atoms with Gasteiger partial charge in [-0.1, -0.05) is 5.21 Å². The first-order valence-electron chi connectivity index (χ1n) is 4.27. The Labute approximate surface area is 89.6 Å². The summed E-state index contributed by atoms with van der Waals surface area (Å²) >= 11 is 0. The van der Waals surface area contributed by atoms with Crippen LogP contribution in [0.1, 0.15) is 0 Å². The molecule has 2 heterocycles. The summed E-state index contributed by atoms with van der Waals surface area (Å²) in [7, 11) is 1.41. The molecule has 8 nitrogen and oxygen atoms in total. The van der Waals surface area contributed by atoms with Gasteiger partial charge in [-0.2, -0.15) is 4.68 Å². The summed E-state index contributed by atoms with van der Waals surface area (Å²) in [5, 5.41) is 18.0. The second-order valence-corrected chi connectivity index (χ2v) is 2.82. The van der Waals surface area contributed by atoms with Crippen LogP contribution in [-0.2, 0) is 0 Å². The van der Waals surface area contributed by atoms with Crippen LogP contribution >= 0.6 is 0 Å². The number of aromatic nitrogens is 4. The Morgan fingerprint density at radius 2 is 2.38 bits per heavy atom. The molecule has 0 saturated heterocycles. The van der Waals surface area contributed by atoms with Gasteiger partial charge >= 0.3 is 5.69 Å². The molecule has 0 fully saturated rings. The Balaban J connectivity index is 2.57. The normalized spacial score (nSPS) is 10.1. The van der Waals surface area contributed by atoms with Crippen LogP contribution < -0.4 is 4.74 Å². The molecule has 0 aliphatic heterocycles. The van der Waals surface area contributed by atoms with Crippen LogP contribution in [0.2, 0.25) is 0 Å². The highest BCUT2D eigenvalue weighted by Gasteiger charge is 2.18. The van der Waals surface area contributed by atoms with Crippen molar-refractivity contribution in [2.75, 3.05) is 7.11 Å². The van der Waals surface area contributed by atoms with Gasteiger partial charge in [0.2, 0.25) is 5.82 Å². The van der Waals surface area contributed by atoms with Gasteiger partial charge in [-0.15, -0.1) is 5.10 Å². The summed E-state index contributed by atoms with van der Waals surface area (Å²) in [6.45, 7) is 0. The Kier molecular flexibility index (Phi) is 2.46. The maximum absolute atomic E-state index is 10.8. The van der Waals surface area contributed by atoms with Crippen molar-refractivity contribution in [3.63, 3.8) is 0 Å². The molecular formula is C8H7N5O3. The number of ether oxygens (including phenoxy) is 1. The molecule has 0 bridgehead atoms. The fourth-order valence-corrected chi connectivity index (χ4v) is 1.17. The van der Waals surface area contributed by atoms with Gasteiger partial charge in [-0.3, -0.25) is 10.1 Å². The minimum absolute atomic E-state index is 0.100. The third-order valence-corrected chi connectivity index (χ3v) is 1.89. The summed E-state index contributed by atoms with van der Waals surface area (Å²) in [6.07, 6.45) is 4.27. The van der Waals surface area contributed by atoms with Crippen molar-refractivity contribution < 1.29 is 9.66 Å². The largest absolute Gasteiger partial charge is 0.495 e. The van der Waals surface area contributed by atoms with E-state index >= 15 is 0 Å². The lowest BCUT2D eigenvalue weighted by Gasteiger charge is -2.03. The average Bonchev–Trinajstić information content (AvgIpc) is 2.81. The predicted octanol–water partition coefficient (Wildman–Crippen LogP) is 0.579. The average molecular weight is 221 g/mol. The molecule has 82 valence electrons. The van der Waals surface area contributed by atoms with Crippen LogP contribution in [0.3, 0.4) is 0 Å². The third kappa shape index (κ3) is 1.67. The first-order valence-corrected chi connectivity index (χ1v) is 4.27. The predicted molar refractivity (Wildman–Crippen MR) is 52.4 cm³/mol. The van der Waals surface area contributed by atoms with E-state index in [1.165, 1.54) is 36.4 Å². The van der Waals surface area contributed by atoms with E-state index in [1.54, 1.807) is 0 Å². The van der Waals surface area contributed by atoms with E-state index in [9.17, 15) is 10.1 Å². The number of pyridine rings is 1. The molecule has 0 atom stereocenters. The van der Waals surface area contributed by atoms with Crippen molar-refractivity contribution in [1.29, 1.82) is 0 Å². The van der Waals surface area contributed by atoms with Crippen molar-refractivity contribution in [1.82, 2.24) is 20.0 Å². The number of nitrogens with zero attached hydrogens (tertiary/aromatic N) is 5. The SMILES string of the molecule is COc1cnc(-n2ccnn2)c([N+](=O)[O-])c1. The molecule has 8 heteroatoms. The Hall–Kier alpha value is -2.51. The fraction of sp³-hybridized carbons (Fsp3) is 0.125. The van der Waals surface area contributed by atoms with Gasteiger partial charge in [0.15, 0.2) is 0 Å². The molecule has 0 aliphatic carbocycles. The van der Waals surface area contributed by atoms with E-state index in [4.69, 9.17) is 4.74 Å². The summed E-state index contributed by atoms with van der Waals surface area (Å²) in [6, 6.07) is 1.28. The van der Waals surface area contributed by atoms with Crippen LogP contribution in [-0.4, -0.2) is 32.0 Å². The number of rotatable bonds is 3. The van der Waals surface area contributed by atoms with Crippen LogP contribution in [0.5, 0.6) is 5.75 Å². The van der Waals surface area contributed by atoms with Gasteiger partial charge in [0, 0.05) is 0 Å². The molecule has 2 aromatic rings. The molecule has 2 aromatic heterocycles. The minimum atomic E-state index is -0.549. The van der Waals surface area contributed by atoms with E-state index in [0.717, 1.165) is 0 Å². The summed E-state index contributed by atoms with van der Waals surface area (Å²) in [5.74, 6) is 0.416. The summed E-state index contributed by atoms with van der Waals surface area (Å²) < 4.78 is 6.08. The molecule has 16 heavy (non-hydrogen) atoms. The molecule has 0 unspecified atom stereocenters. The Morgan fingerprint density at radius 3 is 2.94 bits per heavy atom. The highest BCUT2D eigenvalue weighted by atomic mass is 16.6. The van der Waals surface area contributed by atoms with Gasteiger partial charge in [0.25, 0.3) is 0 Å². The van der Waals surface area contributed by atoms with Crippen LogP contribution in [0.25, 0.3) is 5.82 Å². The molecule has 0 spiro atoms. The quantitative estimate of drug-likeness (QED) is 0.555. The monoisotopic (exact) mass is 221 g/mol. The zero-order chi connectivity index (χ0) is 11.5.